The fourth-order valence-electron chi connectivity index (χ4n) is 1.19. The topological polar surface area (TPSA) is 62.7 Å². The molecule has 5 heteroatoms. The number of nitrogens with zero attached hydrogens (tertiary/aromatic N) is 3. The number of aliphatic hydroxyl groups excluding tert-OH is 1. The summed E-state index contributed by atoms with van der Waals surface area (Å²) in [5, 5.41) is 17.4. The van der Waals surface area contributed by atoms with E-state index in [-0.39, 0.29) is 6.54 Å². The van der Waals surface area contributed by atoms with Gasteiger partial charge in [-0.3, -0.25) is 4.68 Å². The molecule has 0 unspecified atom stereocenters. The van der Waals surface area contributed by atoms with Crippen molar-refractivity contribution in [2.24, 2.45) is 0 Å². The van der Waals surface area contributed by atoms with E-state index in [1.165, 1.54) is 0 Å². The number of aliphatic hydroxyl groups is 2. The zero-order chi connectivity index (χ0) is 8.55. The Balaban J connectivity index is 2.40. The van der Waals surface area contributed by atoms with Gasteiger partial charge in [0.15, 0.2) is 11.9 Å². The second-order valence-corrected chi connectivity index (χ2v) is 2.55. The van der Waals surface area contributed by atoms with E-state index in [1.807, 2.05) is 6.07 Å². The third-order valence-corrected chi connectivity index (χ3v) is 1.67. The number of imidazole rings is 1. The number of aromatic nitrogens is 3. The molecule has 0 saturated heterocycles. The Morgan fingerprint density at radius 3 is 3.00 bits per heavy atom. The summed E-state index contributed by atoms with van der Waals surface area (Å²) < 4.78 is 3.42. The molecule has 12 heavy (non-hydrogen) atoms. The van der Waals surface area contributed by atoms with Crippen LogP contribution in [0.4, 0.5) is 0 Å². The fourth-order valence-corrected chi connectivity index (χ4v) is 1.19. The molecule has 0 aliphatic carbocycles. The number of rotatable bonds is 2. The van der Waals surface area contributed by atoms with Crippen LogP contribution in [0.2, 0.25) is 0 Å². The minimum atomic E-state index is -1.33. The summed E-state index contributed by atoms with van der Waals surface area (Å²) in [6, 6.07) is 1.81. The standard InChI is InChI=1S/C7H9N3O2/c11-7(12)5-9-3-1-6-8-2-4-10(6)9/h1-4,7,11-12H,5H2. The molecule has 2 aromatic heterocycles. The predicted octanol–water partition coefficient (Wildman–Crippen LogP) is -0.554. The molecule has 0 atom stereocenters. The van der Waals surface area contributed by atoms with Gasteiger partial charge in [0.25, 0.3) is 0 Å². The van der Waals surface area contributed by atoms with Crippen molar-refractivity contribution in [3.05, 3.63) is 24.7 Å². The van der Waals surface area contributed by atoms with Crippen LogP contribution in [-0.4, -0.2) is 30.7 Å². The lowest BCUT2D eigenvalue weighted by atomic mass is 10.6. The van der Waals surface area contributed by atoms with Crippen LogP contribution in [0.1, 0.15) is 0 Å². The highest BCUT2D eigenvalue weighted by atomic mass is 16.5. The molecule has 0 aliphatic heterocycles. The number of fused-ring (bicyclic) bond motifs is 1. The average Bonchev–Trinajstić information content (AvgIpc) is 2.52. The smallest absolute Gasteiger partial charge is 0.171 e. The van der Waals surface area contributed by atoms with Crippen molar-refractivity contribution in [3.8, 4) is 0 Å². The van der Waals surface area contributed by atoms with Gasteiger partial charge in [-0.25, -0.2) is 9.50 Å². The predicted molar refractivity (Wildman–Crippen MR) is 41.4 cm³/mol. The van der Waals surface area contributed by atoms with E-state index in [0.717, 1.165) is 5.65 Å². The Morgan fingerprint density at radius 2 is 2.25 bits per heavy atom. The minimum Gasteiger partial charge on any atom is -0.367 e. The Kier molecular flexibility index (Phi) is 1.60. The van der Waals surface area contributed by atoms with Crippen LogP contribution in [0.5, 0.6) is 0 Å². The molecule has 0 bridgehead atoms. The molecular weight excluding hydrogens is 158 g/mol. The van der Waals surface area contributed by atoms with Crippen LogP contribution < -0.4 is 0 Å². The maximum Gasteiger partial charge on any atom is 0.171 e. The van der Waals surface area contributed by atoms with Crippen molar-refractivity contribution in [2.75, 3.05) is 0 Å². The maximum absolute atomic E-state index is 8.72. The lowest BCUT2D eigenvalue weighted by molar-refractivity contribution is -0.0541. The second-order valence-electron chi connectivity index (χ2n) is 2.55. The van der Waals surface area contributed by atoms with Gasteiger partial charge in [0, 0.05) is 24.7 Å². The molecule has 0 aliphatic rings. The van der Waals surface area contributed by atoms with Crippen molar-refractivity contribution in [3.63, 3.8) is 0 Å². The molecule has 2 N–H and O–H groups in total. The highest BCUT2D eigenvalue weighted by Gasteiger charge is 2.02. The van der Waals surface area contributed by atoms with Gasteiger partial charge < -0.3 is 10.2 Å². The summed E-state index contributed by atoms with van der Waals surface area (Å²) >= 11 is 0. The van der Waals surface area contributed by atoms with Crippen LogP contribution in [0, 0.1) is 0 Å². The third-order valence-electron chi connectivity index (χ3n) is 1.67. The van der Waals surface area contributed by atoms with E-state index in [2.05, 4.69) is 4.98 Å². The maximum atomic E-state index is 8.72. The van der Waals surface area contributed by atoms with Gasteiger partial charge in [-0.2, -0.15) is 0 Å². The monoisotopic (exact) mass is 167 g/mol. The van der Waals surface area contributed by atoms with Crippen LogP contribution in [0.25, 0.3) is 5.65 Å². The molecular formula is C7H9N3O2. The van der Waals surface area contributed by atoms with Gasteiger partial charge in [-0.1, -0.05) is 0 Å². The van der Waals surface area contributed by atoms with Gasteiger partial charge in [-0.15, -0.1) is 0 Å². The van der Waals surface area contributed by atoms with E-state index in [1.54, 1.807) is 27.8 Å². The van der Waals surface area contributed by atoms with Gasteiger partial charge in [0.1, 0.15) is 0 Å². The van der Waals surface area contributed by atoms with Crippen molar-refractivity contribution >= 4 is 5.65 Å². The summed E-state index contributed by atoms with van der Waals surface area (Å²) in [6.07, 6.45) is 3.85. The number of hydrogen-bond acceptors (Lipinski definition) is 3. The molecule has 2 rings (SSSR count). The Bertz CT molecular complexity index is 377. The first-order valence-corrected chi connectivity index (χ1v) is 3.62. The molecule has 64 valence electrons. The molecule has 2 aromatic rings. The van der Waals surface area contributed by atoms with E-state index in [4.69, 9.17) is 10.2 Å². The van der Waals surface area contributed by atoms with E-state index in [9.17, 15) is 0 Å². The first-order valence-electron chi connectivity index (χ1n) is 3.62. The van der Waals surface area contributed by atoms with E-state index in [0.29, 0.717) is 0 Å². The van der Waals surface area contributed by atoms with Crippen molar-refractivity contribution in [2.45, 2.75) is 12.8 Å². The highest BCUT2D eigenvalue weighted by Crippen LogP contribution is 2.01. The Hall–Kier alpha value is -1.33. The van der Waals surface area contributed by atoms with Gasteiger partial charge in [0.2, 0.25) is 0 Å². The average molecular weight is 167 g/mol. The summed E-state index contributed by atoms with van der Waals surface area (Å²) in [7, 11) is 0. The highest BCUT2D eigenvalue weighted by molar-refractivity contribution is 5.35. The largest absolute Gasteiger partial charge is 0.367 e. The lowest BCUT2D eigenvalue weighted by Crippen LogP contribution is -2.16. The Labute approximate surface area is 68.5 Å². The number of hydrogen-bond donors (Lipinski definition) is 2. The van der Waals surface area contributed by atoms with Crippen LogP contribution in [0.15, 0.2) is 24.7 Å². The molecule has 0 spiro atoms. The first-order chi connectivity index (χ1) is 5.77. The Morgan fingerprint density at radius 1 is 1.42 bits per heavy atom. The molecule has 0 aromatic carbocycles. The quantitative estimate of drug-likeness (QED) is 0.590. The zero-order valence-corrected chi connectivity index (χ0v) is 6.33. The fraction of sp³-hybridized carbons (Fsp3) is 0.286. The summed E-state index contributed by atoms with van der Waals surface area (Å²) in [5.41, 5.74) is 0.802. The lowest BCUT2D eigenvalue weighted by Gasteiger charge is -2.05. The van der Waals surface area contributed by atoms with E-state index < -0.39 is 6.29 Å². The van der Waals surface area contributed by atoms with Crippen molar-refractivity contribution in [1.29, 1.82) is 0 Å². The van der Waals surface area contributed by atoms with Gasteiger partial charge in [-0.05, 0) is 0 Å². The summed E-state index contributed by atoms with van der Waals surface area (Å²) in [5.74, 6) is 0. The second kappa shape index (κ2) is 2.62. The molecule has 0 amide bonds. The van der Waals surface area contributed by atoms with Crippen LogP contribution in [-0.2, 0) is 6.54 Å². The molecule has 0 radical (unpaired) electrons. The van der Waals surface area contributed by atoms with Crippen LogP contribution >= 0.6 is 0 Å². The molecule has 2 heterocycles. The zero-order valence-electron chi connectivity index (χ0n) is 6.33. The summed E-state index contributed by atoms with van der Waals surface area (Å²) in [6.45, 7) is 0.153. The van der Waals surface area contributed by atoms with Crippen LogP contribution in [0.3, 0.4) is 0 Å². The van der Waals surface area contributed by atoms with Crippen molar-refractivity contribution in [1.82, 2.24) is 14.2 Å². The molecule has 0 saturated carbocycles. The molecule has 5 nitrogen and oxygen atoms in total. The third kappa shape index (κ3) is 1.09. The normalized spacial score (nSPS) is 11.6. The molecule has 0 fully saturated rings. The minimum absolute atomic E-state index is 0.153. The first kappa shape index (κ1) is 7.33. The van der Waals surface area contributed by atoms with E-state index >= 15 is 0 Å². The van der Waals surface area contributed by atoms with Gasteiger partial charge in [0.05, 0.1) is 6.54 Å². The summed E-state index contributed by atoms with van der Waals surface area (Å²) in [4.78, 5) is 4.03. The van der Waals surface area contributed by atoms with Gasteiger partial charge >= 0.3 is 0 Å². The SMILES string of the molecule is OC(O)Cn1ccc2nccn21. The van der Waals surface area contributed by atoms with Crippen molar-refractivity contribution < 1.29 is 10.2 Å².